The summed E-state index contributed by atoms with van der Waals surface area (Å²) in [6.45, 7) is 1.02. The Kier molecular flexibility index (Phi) is 3.82. The van der Waals surface area contributed by atoms with Crippen LogP contribution in [0.5, 0.6) is 0 Å². The molecular formula is C12H13ClF2N2O. The fraction of sp³-hybridized carbons (Fsp3) is 0.417. The zero-order valence-electron chi connectivity index (χ0n) is 9.63. The number of benzene rings is 1. The Morgan fingerprint density at radius 3 is 2.44 bits per heavy atom. The largest absolute Gasteiger partial charge is 0.338 e. The van der Waals surface area contributed by atoms with Crippen LogP contribution in [0.3, 0.4) is 0 Å². The molecule has 0 saturated carbocycles. The van der Waals surface area contributed by atoms with Gasteiger partial charge in [-0.2, -0.15) is 0 Å². The van der Waals surface area contributed by atoms with Crippen LogP contribution in [0.1, 0.15) is 23.2 Å². The lowest BCUT2D eigenvalue weighted by Gasteiger charge is -2.30. The van der Waals surface area contributed by atoms with E-state index in [1.165, 1.54) is 0 Å². The van der Waals surface area contributed by atoms with Crippen LogP contribution in [0.25, 0.3) is 0 Å². The summed E-state index contributed by atoms with van der Waals surface area (Å²) in [4.78, 5) is 13.7. The van der Waals surface area contributed by atoms with Gasteiger partial charge in [0.05, 0.1) is 10.6 Å². The van der Waals surface area contributed by atoms with Gasteiger partial charge in [0.15, 0.2) is 11.6 Å². The fourth-order valence-corrected chi connectivity index (χ4v) is 2.19. The van der Waals surface area contributed by atoms with Crippen molar-refractivity contribution in [1.29, 1.82) is 0 Å². The number of nitrogens with two attached hydrogens (primary N) is 1. The Bertz CT molecular complexity index is 473. The first-order chi connectivity index (χ1) is 8.49. The maximum Gasteiger partial charge on any atom is 0.255 e. The summed E-state index contributed by atoms with van der Waals surface area (Å²) < 4.78 is 26.0. The van der Waals surface area contributed by atoms with Crippen LogP contribution in [0.2, 0.25) is 5.02 Å². The minimum Gasteiger partial charge on any atom is -0.338 e. The molecule has 0 radical (unpaired) electrons. The predicted molar refractivity (Wildman–Crippen MR) is 64.5 cm³/mol. The quantitative estimate of drug-likeness (QED) is 0.798. The third kappa shape index (κ3) is 2.62. The topological polar surface area (TPSA) is 46.3 Å². The highest BCUT2D eigenvalue weighted by Crippen LogP contribution is 2.22. The average Bonchev–Trinajstić information content (AvgIpc) is 2.34. The van der Waals surface area contributed by atoms with E-state index in [-0.39, 0.29) is 22.5 Å². The molecule has 0 bridgehead atoms. The first kappa shape index (κ1) is 13.2. The van der Waals surface area contributed by atoms with Gasteiger partial charge in [0.2, 0.25) is 0 Å². The first-order valence-electron chi connectivity index (χ1n) is 5.68. The van der Waals surface area contributed by atoms with Gasteiger partial charge in [0, 0.05) is 19.1 Å². The van der Waals surface area contributed by atoms with E-state index in [1.807, 2.05) is 0 Å². The van der Waals surface area contributed by atoms with Gasteiger partial charge in [-0.05, 0) is 25.0 Å². The maximum absolute atomic E-state index is 13.1. The summed E-state index contributed by atoms with van der Waals surface area (Å²) >= 11 is 5.77. The van der Waals surface area contributed by atoms with Gasteiger partial charge in [-0.3, -0.25) is 4.79 Å². The van der Waals surface area contributed by atoms with Crippen molar-refractivity contribution in [3.8, 4) is 0 Å². The highest BCUT2D eigenvalue weighted by Gasteiger charge is 2.24. The minimum atomic E-state index is -1.07. The third-order valence-electron chi connectivity index (χ3n) is 3.07. The van der Waals surface area contributed by atoms with Crippen LogP contribution in [-0.4, -0.2) is 29.9 Å². The number of nitrogens with zero attached hydrogens (tertiary/aromatic N) is 1. The zero-order chi connectivity index (χ0) is 13.3. The molecule has 2 N–H and O–H groups in total. The number of amides is 1. The molecule has 1 saturated heterocycles. The minimum absolute atomic E-state index is 0.00830. The smallest absolute Gasteiger partial charge is 0.255 e. The molecule has 0 atom stereocenters. The number of carbonyl (C=O) groups excluding carboxylic acids is 1. The van der Waals surface area contributed by atoms with Gasteiger partial charge in [-0.15, -0.1) is 0 Å². The molecule has 1 aliphatic rings. The molecule has 0 aliphatic carbocycles. The fourth-order valence-electron chi connectivity index (χ4n) is 1.96. The lowest BCUT2D eigenvalue weighted by atomic mass is 10.0. The predicted octanol–water partition coefficient (Wildman–Crippen LogP) is 2.18. The standard InChI is InChI=1S/C12H13ClF2N2O/c13-9-6-11(15)10(14)5-8(9)12(18)17-3-1-7(16)2-4-17/h5-7H,1-4,16H2. The summed E-state index contributed by atoms with van der Waals surface area (Å²) in [5.74, 6) is -2.51. The summed E-state index contributed by atoms with van der Waals surface area (Å²) in [6, 6.07) is 1.75. The molecule has 2 rings (SSSR count). The zero-order valence-corrected chi connectivity index (χ0v) is 10.4. The molecule has 1 amide bonds. The number of rotatable bonds is 1. The summed E-state index contributed by atoms with van der Waals surface area (Å²) in [7, 11) is 0. The molecule has 1 heterocycles. The van der Waals surface area contributed by atoms with Crippen molar-refractivity contribution in [2.75, 3.05) is 13.1 Å². The maximum atomic E-state index is 13.1. The van der Waals surface area contributed by atoms with Crippen molar-refractivity contribution in [3.63, 3.8) is 0 Å². The second-order valence-corrected chi connectivity index (χ2v) is 4.78. The lowest BCUT2D eigenvalue weighted by Crippen LogP contribution is -2.43. The van der Waals surface area contributed by atoms with Crippen LogP contribution >= 0.6 is 11.6 Å². The van der Waals surface area contributed by atoms with E-state index in [4.69, 9.17) is 17.3 Å². The SMILES string of the molecule is NC1CCN(C(=O)c2cc(F)c(F)cc2Cl)CC1. The normalized spacial score (nSPS) is 17.0. The van der Waals surface area contributed by atoms with Crippen LogP contribution in [0.4, 0.5) is 8.78 Å². The second kappa shape index (κ2) is 5.20. The van der Waals surface area contributed by atoms with Crippen LogP contribution in [0.15, 0.2) is 12.1 Å². The van der Waals surface area contributed by atoms with E-state index in [1.54, 1.807) is 4.90 Å². The molecule has 1 aromatic rings. The van der Waals surface area contributed by atoms with Gasteiger partial charge in [-0.25, -0.2) is 8.78 Å². The Morgan fingerprint density at radius 2 is 1.83 bits per heavy atom. The van der Waals surface area contributed by atoms with Crippen LogP contribution in [-0.2, 0) is 0 Å². The number of piperidine rings is 1. The highest BCUT2D eigenvalue weighted by molar-refractivity contribution is 6.33. The molecule has 0 aromatic heterocycles. The third-order valence-corrected chi connectivity index (χ3v) is 3.38. The number of hydrogen-bond acceptors (Lipinski definition) is 2. The van der Waals surface area contributed by atoms with Crippen LogP contribution < -0.4 is 5.73 Å². The molecule has 98 valence electrons. The van der Waals surface area contributed by atoms with Crippen molar-refractivity contribution >= 4 is 17.5 Å². The van der Waals surface area contributed by atoms with Crippen molar-refractivity contribution in [2.24, 2.45) is 5.73 Å². The molecule has 3 nitrogen and oxygen atoms in total. The molecule has 18 heavy (non-hydrogen) atoms. The van der Waals surface area contributed by atoms with Gasteiger partial charge < -0.3 is 10.6 Å². The Labute approximate surface area is 109 Å². The molecule has 1 aromatic carbocycles. The van der Waals surface area contributed by atoms with Gasteiger partial charge in [-0.1, -0.05) is 11.6 Å². The van der Waals surface area contributed by atoms with Gasteiger partial charge >= 0.3 is 0 Å². The number of halogens is 3. The summed E-state index contributed by atoms with van der Waals surface area (Å²) in [6.07, 6.45) is 1.40. The Hall–Kier alpha value is -1.20. The van der Waals surface area contributed by atoms with Crippen molar-refractivity contribution < 1.29 is 13.6 Å². The molecule has 1 aliphatic heterocycles. The molecule has 1 fully saturated rings. The Balaban J connectivity index is 2.21. The summed E-state index contributed by atoms with van der Waals surface area (Å²) in [5.41, 5.74) is 5.73. The van der Waals surface area contributed by atoms with Gasteiger partial charge in [0.1, 0.15) is 0 Å². The van der Waals surface area contributed by atoms with E-state index in [2.05, 4.69) is 0 Å². The molecular weight excluding hydrogens is 262 g/mol. The van der Waals surface area contributed by atoms with Crippen LogP contribution in [0, 0.1) is 11.6 Å². The van der Waals surface area contributed by atoms with E-state index in [9.17, 15) is 13.6 Å². The van der Waals surface area contributed by atoms with Crippen molar-refractivity contribution in [1.82, 2.24) is 4.90 Å². The van der Waals surface area contributed by atoms with E-state index in [0.29, 0.717) is 25.9 Å². The Morgan fingerprint density at radius 1 is 1.28 bits per heavy atom. The average molecular weight is 275 g/mol. The monoisotopic (exact) mass is 274 g/mol. The van der Waals surface area contributed by atoms with E-state index in [0.717, 1.165) is 12.1 Å². The summed E-state index contributed by atoms with van der Waals surface area (Å²) in [5, 5.41) is -0.0752. The number of carbonyl (C=O) groups is 1. The highest BCUT2D eigenvalue weighted by atomic mass is 35.5. The van der Waals surface area contributed by atoms with Crippen molar-refractivity contribution in [2.45, 2.75) is 18.9 Å². The lowest BCUT2D eigenvalue weighted by molar-refractivity contribution is 0.0714. The van der Waals surface area contributed by atoms with E-state index >= 15 is 0 Å². The van der Waals surface area contributed by atoms with Gasteiger partial charge in [0.25, 0.3) is 5.91 Å². The molecule has 0 spiro atoms. The number of likely N-dealkylation sites (tertiary alicyclic amines) is 1. The molecule has 0 unspecified atom stereocenters. The number of hydrogen-bond donors (Lipinski definition) is 1. The second-order valence-electron chi connectivity index (χ2n) is 4.38. The molecule has 6 heteroatoms. The van der Waals surface area contributed by atoms with Crippen molar-refractivity contribution in [3.05, 3.63) is 34.4 Å². The first-order valence-corrected chi connectivity index (χ1v) is 6.06. The van der Waals surface area contributed by atoms with E-state index < -0.39 is 11.6 Å².